The van der Waals surface area contributed by atoms with Crippen LogP contribution in [0, 0.1) is 13.8 Å². The highest BCUT2D eigenvalue weighted by Gasteiger charge is 2.14. The number of nitrogens with one attached hydrogen (secondary N) is 1. The number of hydrogen-bond acceptors (Lipinski definition) is 4. The van der Waals surface area contributed by atoms with E-state index in [0.29, 0.717) is 23.8 Å². The number of rotatable bonds is 6. The topological polar surface area (TPSA) is 71.7 Å². The van der Waals surface area contributed by atoms with Crippen LogP contribution in [0.1, 0.15) is 27.4 Å². The number of aryl methyl sites for hydroxylation is 2. The van der Waals surface area contributed by atoms with Crippen LogP contribution in [0.3, 0.4) is 0 Å². The fourth-order valence-corrected chi connectivity index (χ4v) is 2.07. The zero-order valence-electron chi connectivity index (χ0n) is 12.2. The molecule has 5 nitrogen and oxygen atoms in total. The van der Waals surface area contributed by atoms with E-state index in [-0.39, 0.29) is 19.1 Å². The van der Waals surface area contributed by atoms with Crippen LogP contribution in [0.4, 0.5) is 0 Å². The Kier molecular flexibility index (Phi) is 5.00. The van der Waals surface area contributed by atoms with Crippen LogP contribution in [0.2, 0.25) is 0 Å². The van der Waals surface area contributed by atoms with E-state index in [0.717, 1.165) is 11.1 Å². The van der Waals surface area contributed by atoms with Gasteiger partial charge < -0.3 is 19.6 Å². The minimum absolute atomic E-state index is 0.0500. The number of para-hydroxylation sites is 1. The molecule has 2 N–H and O–H groups in total. The summed E-state index contributed by atoms with van der Waals surface area (Å²) in [5.74, 6) is 1.45. The van der Waals surface area contributed by atoms with E-state index in [1.807, 2.05) is 38.1 Å². The number of carbonyl (C=O) groups is 1. The molecule has 112 valence electrons. The Balaban J connectivity index is 2.03. The zero-order chi connectivity index (χ0) is 15.2. The van der Waals surface area contributed by atoms with E-state index in [9.17, 15) is 4.79 Å². The average molecular weight is 289 g/mol. The molecule has 1 aromatic heterocycles. The number of furan rings is 1. The van der Waals surface area contributed by atoms with Gasteiger partial charge in [0.25, 0.3) is 5.91 Å². The van der Waals surface area contributed by atoms with Gasteiger partial charge in [-0.15, -0.1) is 0 Å². The lowest BCUT2D eigenvalue weighted by Gasteiger charge is -2.11. The van der Waals surface area contributed by atoms with E-state index in [1.165, 1.54) is 0 Å². The number of carbonyl (C=O) groups excluding carboxylic acids is 1. The molecule has 1 amide bonds. The molecule has 0 spiro atoms. The highest BCUT2D eigenvalue weighted by Crippen LogP contribution is 2.18. The Morgan fingerprint density at radius 3 is 2.76 bits per heavy atom. The van der Waals surface area contributed by atoms with Crippen molar-refractivity contribution >= 4 is 5.91 Å². The third-order valence-corrected chi connectivity index (χ3v) is 3.01. The minimum Gasteiger partial charge on any atom is -0.491 e. The largest absolute Gasteiger partial charge is 0.491 e. The van der Waals surface area contributed by atoms with Crippen LogP contribution in [0.15, 0.2) is 34.7 Å². The quantitative estimate of drug-likeness (QED) is 0.855. The van der Waals surface area contributed by atoms with Gasteiger partial charge in [-0.2, -0.15) is 0 Å². The number of aliphatic hydroxyl groups excluding tert-OH is 1. The third kappa shape index (κ3) is 3.86. The first-order valence-corrected chi connectivity index (χ1v) is 6.78. The fraction of sp³-hybridized carbons (Fsp3) is 0.312. The minimum atomic E-state index is -0.252. The van der Waals surface area contributed by atoms with Gasteiger partial charge >= 0.3 is 0 Å². The molecular formula is C16H19NO4. The first-order chi connectivity index (χ1) is 10.1. The molecule has 1 heterocycles. The van der Waals surface area contributed by atoms with Crippen LogP contribution in [-0.4, -0.2) is 24.2 Å². The van der Waals surface area contributed by atoms with Crippen molar-refractivity contribution in [2.45, 2.75) is 20.4 Å². The summed E-state index contributed by atoms with van der Waals surface area (Å²) in [6, 6.07) is 9.22. The number of amides is 1. The molecule has 0 bridgehead atoms. The first kappa shape index (κ1) is 15.1. The Labute approximate surface area is 123 Å². The van der Waals surface area contributed by atoms with Crippen molar-refractivity contribution < 1.29 is 19.1 Å². The van der Waals surface area contributed by atoms with Crippen molar-refractivity contribution in [3.63, 3.8) is 0 Å². The van der Waals surface area contributed by atoms with Crippen molar-refractivity contribution in [2.24, 2.45) is 0 Å². The molecule has 0 saturated carbocycles. The molecule has 0 aliphatic heterocycles. The zero-order valence-corrected chi connectivity index (χ0v) is 12.2. The summed E-state index contributed by atoms with van der Waals surface area (Å²) in [6.45, 7) is 4.15. The van der Waals surface area contributed by atoms with Crippen LogP contribution < -0.4 is 10.1 Å². The van der Waals surface area contributed by atoms with Crippen molar-refractivity contribution in [2.75, 3.05) is 13.2 Å². The van der Waals surface area contributed by atoms with Gasteiger partial charge in [-0.25, -0.2) is 0 Å². The number of aliphatic hydroxyl groups is 1. The summed E-state index contributed by atoms with van der Waals surface area (Å²) < 4.78 is 10.8. The SMILES string of the molecule is Cc1cc(C)c(C(=O)NCc2ccccc2OCCO)o1. The summed E-state index contributed by atoms with van der Waals surface area (Å²) in [6.07, 6.45) is 0. The van der Waals surface area contributed by atoms with Gasteiger partial charge in [0.05, 0.1) is 6.61 Å². The number of ether oxygens (including phenoxy) is 1. The maximum Gasteiger partial charge on any atom is 0.287 e. The maximum absolute atomic E-state index is 12.1. The second-order valence-electron chi connectivity index (χ2n) is 4.73. The molecule has 1 aromatic carbocycles. The van der Waals surface area contributed by atoms with Crippen molar-refractivity contribution in [1.29, 1.82) is 0 Å². The second kappa shape index (κ2) is 6.95. The van der Waals surface area contributed by atoms with Gasteiger partial charge in [0.15, 0.2) is 5.76 Å². The average Bonchev–Trinajstić information content (AvgIpc) is 2.82. The maximum atomic E-state index is 12.1. The molecule has 0 fully saturated rings. The van der Waals surface area contributed by atoms with Crippen LogP contribution >= 0.6 is 0 Å². The molecule has 21 heavy (non-hydrogen) atoms. The molecule has 0 aliphatic rings. The predicted octanol–water partition coefficient (Wildman–Crippen LogP) is 2.20. The summed E-state index contributed by atoms with van der Waals surface area (Å²) in [5, 5.41) is 11.6. The molecular weight excluding hydrogens is 270 g/mol. The summed E-state index contributed by atoms with van der Waals surface area (Å²) in [4.78, 5) is 12.1. The standard InChI is InChI=1S/C16H19NO4/c1-11-9-12(2)21-15(11)16(19)17-10-13-5-3-4-6-14(13)20-8-7-18/h3-6,9,18H,7-8,10H2,1-2H3,(H,17,19). The summed E-state index contributed by atoms with van der Waals surface area (Å²) in [7, 11) is 0. The van der Waals surface area contributed by atoms with E-state index >= 15 is 0 Å². The Morgan fingerprint density at radius 1 is 1.33 bits per heavy atom. The molecule has 2 rings (SSSR count). The summed E-state index contributed by atoms with van der Waals surface area (Å²) >= 11 is 0. The van der Waals surface area contributed by atoms with E-state index < -0.39 is 0 Å². The first-order valence-electron chi connectivity index (χ1n) is 6.78. The van der Waals surface area contributed by atoms with Crippen LogP contribution in [0.25, 0.3) is 0 Å². The lowest BCUT2D eigenvalue weighted by molar-refractivity contribution is 0.0920. The van der Waals surface area contributed by atoms with Crippen molar-refractivity contribution in [3.05, 3.63) is 53.0 Å². The van der Waals surface area contributed by atoms with Crippen LogP contribution in [0.5, 0.6) is 5.75 Å². The molecule has 0 atom stereocenters. The van der Waals surface area contributed by atoms with Crippen molar-refractivity contribution in [3.8, 4) is 5.75 Å². The van der Waals surface area contributed by atoms with Crippen molar-refractivity contribution in [1.82, 2.24) is 5.32 Å². The van der Waals surface area contributed by atoms with Gasteiger partial charge in [-0.1, -0.05) is 18.2 Å². The lowest BCUT2D eigenvalue weighted by atomic mass is 10.2. The van der Waals surface area contributed by atoms with E-state index in [1.54, 1.807) is 6.07 Å². The molecule has 0 unspecified atom stereocenters. The predicted molar refractivity (Wildman–Crippen MR) is 78.4 cm³/mol. The molecule has 0 radical (unpaired) electrons. The number of benzene rings is 1. The third-order valence-electron chi connectivity index (χ3n) is 3.01. The van der Waals surface area contributed by atoms with Crippen LogP contribution in [-0.2, 0) is 6.54 Å². The monoisotopic (exact) mass is 289 g/mol. The van der Waals surface area contributed by atoms with Gasteiger partial charge in [0, 0.05) is 17.7 Å². The van der Waals surface area contributed by atoms with E-state index in [2.05, 4.69) is 5.32 Å². The second-order valence-corrected chi connectivity index (χ2v) is 4.73. The fourth-order valence-electron chi connectivity index (χ4n) is 2.07. The van der Waals surface area contributed by atoms with Gasteiger partial charge in [0.1, 0.15) is 18.1 Å². The van der Waals surface area contributed by atoms with Gasteiger partial charge in [-0.05, 0) is 26.0 Å². The Morgan fingerprint density at radius 2 is 2.10 bits per heavy atom. The lowest BCUT2D eigenvalue weighted by Crippen LogP contribution is -2.23. The molecule has 0 aliphatic carbocycles. The van der Waals surface area contributed by atoms with Gasteiger partial charge in [-0.3, -0.25) is 4.79 Å². The smallest absolute Gasteiger partial charge is 0.287 e. The highest BCUT2D eigenvalue weighted by molar-refractivity contribution is 5.92. The molecule has 2 aromatic rings. The van der Waals surface area contributed by atoms with Gasteiger partial charge in [0.2, 0.25) is 0 Å². The Bertz CT molecular complexity index is 618. The Hall–Kier alpha value is -2.27. The van der Waals surface area contributed by atoms with E-state index in [4.69, 9.17) is 14.3 Å². The highest BCUT2D eigenvalue weighted by atomic mass is 16.5. The normalized spacial score (nSPS) is 10.4. The molecule has 0 saturated heterocycles. The molecule has 5 heteroatoms. The summed E-state index contributed by atoms with van der Waals surface area (Å²) in [5.41, 5.74) is 1.66. The number of hydrogen-bond donors (Lipinski definition) is 2.